The van der Waals surface area contributed by atoms with E-state index in [9.17, 15) is 0 Å². The Hall–Kier alpha value is -7.16. The van der Waals surface area contributed by atoms with E-state index in [4.69, 9.17) is 0 Å². The van der Waals surface area contributed by atoms with Crippen molar-refractivity contribution in [2.45, 2.75) is 6.42 Å². The molecule has 1 aromatic heterocycles. The lowest BCUT2D eigenvalue weighted by Crippen LogP contribution is -2.09. The third-order valence-electron chi connectivity index (χ3n) is 11.4. The Balaban J connectivity index is 0.916. The first-order valence-corrected chi connectivity index (χ1v) is 19.0. The molecule has 0 radical (unpaired) electrons. The highest BCUT2D eigenvalue weighted by Crippen LogP contribution is 2.43. The zero-order valence-corrected chi connectivity index (χ0v) is 30.2. The molecule has 0 atom stereocenters. The van der Waals surface area contributed by atoms with Crippen LogP contribution in [0.25, 0.3) is 71.6 Å². The van der Waals surface area contributed by atoms with Gasteiger partial charge in [-0.1, -0.05) is 133 Å². The average Bonchev–Trinajstić information content (AvgIpc) is 3.78. The normalized spacial score (nSPS) is 11.9. The summed E-state index contributed by atoms with van der Waals surface area (Å²) in [6, 6.07) is 75.3. The summed E-state index contributed by atoms with van der Waals surface area (Å²) >= 11 is 0. The Morgan fingerprint density at radius 3 is 1.69 bits per heavy atom. The highest BCUT2D eigenvalue weighted by atomic mass is 15.1. The van der Waals surface area contributed by atoms with Gasteiger partial charge in [0.2, 0.25) is 0 Å². The van der Waals surface area contributed by atoms with E-state index in [1.807, 2.05) is 0 Å². The average molecular weight is 701 g/mol. The molecule has 55 heavy (non-hydrogen) atoms. The van der Waals surface area contributed by atoms with E-state index < -0.39 is 0 Å². The zero-order chi connectivity index (χ0) is 36.3. The fraction of sp³-hybridized carbons (Fsp3) is 0.0189. The third-order valence-corrected chi connectivity index (χ3v) is 11.4. The molecule has 0 fully saturated rings. The van der Waals surface area contributed by atoms with E-state index in [0.717, 1.165) is 23.5 Å². The number of fused-ring (bicyclic) bond motifs is 7. The fourth-order valence-corrected chi connectivity index (χ4v) is 8.68. The lowest BCUT2D eigenvalue weighted by Gasteiger charge is -2.26. The molecule has 0 saturated heterocycles. The van der Waals surface area contributed by atoms with Gasteiger partial charge in [0.25, 0.3) is 0 Å². The van der Waals surface area contributed by atoms with Crippen molar-refractivity contribution in [1.82, 2.24) is 4.57 Å². The van der Waals surface area contributed by atoms with Gasteiger partial charge in [0.1, 0.15) is 0 Å². The van der Waals surface area contributed by atoms with Crippen molar-refractivity contribution in [1.29, 1.82) is 0 Å². The van der Waals surface area contributed by atoms with Crippen molar-refractivity contribution in [2.24, 2.45) is 0 Å². The van der Waals surface area contributed by atoms with Crippen LogP contribution in [0.3, 0.4) is 0 Å². The number of nitrogens with zero attached hydrogens (tertiary/aromatic N) is 2. The second-order valence-electron chi connectivity index (χ2n) is 14.6. The Labute approximate surface area is 320 Å². The Kier molecular flexibility index (Phi) is 7.28. The maximum absolute atomic E-state index is 2.43. The molecular weight excluding hydrogens is 665 g/mol. The van der Waals surface area contributed by atoms with E-state index in [2.05, 4.69) is 216 Å². The first-order chi connectivity index (χ1) is 27.2. The van der Waals surface area contributed by atoms with Crippen LogP contribution in [-0.2, 0) is 6.42 Å². The highest BCUT2D eigenvalue weighted by Gasteiger charge is 2.22. The second kappa shape index (κ2) is 12.8. The number of anilines is 3. The summed E-state index contributed by atoms with van der Waals surface area (Å²) in [4.78, 5) is 2.33. The van der Waals surface area contributed by atoms with Crippen molar-refractivity contribution in [2.75, 3.05) is 4.90 Å². The summed E-state index contributed by atoms with van der Waals surface area (Å²) in [5.41, 5.74) is 17.4. The van der Waals surface area contributed by atoms with Gasteiger partial charge >= 0.3 is 0 Å². The van der Waals surface area contributed by atoms with Crippen LogP contribution in [0.2, 0.25) is 0 Å². The Morgan fingerprint density at radius 1 is 0.345 bits per heavy atom. The molecule has 0 bridgehead atoms. The van der Waals surface area contributed by atoms with Crippen molar-refractivity contribution in [3.8, 4) is 39.1 Å². The second-order valence-corrected chi connectivity index (χ2v) is 14.6. The molecule has 10 aromatic rings. The first-order valence-electron chi connectivity index (χ1n) is 19.0. The maximum Gasteiger partial charge on any atom is 0.0544 e. The molecule has 1 aliphatic rings. The van der Waals surface area contributed by atoms with Crippen LogP contribution in [0.15, 0.2) is 206 Å². The zero-order valence-electron chi connectivity index (χ0n) is 30.2. The molecule has 11 rings (SSSR count). The molecule has 0 unspecified atom stereocenters. The number of aromatic nitrogens is 1. The predicted octanol–water partition coefficient (Wildman–Crippen LogP) is 14.3. The minimum atomic E-state index is 0.982. The fourth-order valence-electron chi connectivity index (χ4n) is 8.68. The molecule has 0 amide bonds. The minimum absolute atomic E-state index is 0.982. The van der Waals surface area contributed by atoms with Crippen molar-refractivity contribution >= 4 is 49.6 Å². The van der Waals surface area contributed by atoms with Gasteiger partial charge in [-0.25, -0.2) is 0 Å². The molecule has 0 saturated carbocycles. The summed E-state index contributed by atoms with van der Waals surface area (Å²) in [6.07, 6.45) is 0.982. The predicted molar refractivity (Wildman–Crippen MR) is 232 cm³/mol. The molecular formula is C53H36N2. The number of hydrogen-bond acceptors (Lipinski definition) is 1. The van der Waals surface area contributed by atoms with Crippen LogP contribution in [-0.4, -0.2) is 4.57 Å². The number of para-hydroxylation sites is 2. The van der Waals surface area contributed by atoms with E-state index in [0.29, 0.717) is 0 Å². The van der Waals surface area contributed by atoms with E-state index >= 15 is 0 Å². The molecule has 0 N–H and O–H groups in total. The SMILES string of the molecule is c1ccc(N(c2ccc(-c3ccc(-n4c5ccccc5c5cc6c(cc54)Cc4ccccc4-6)cc3)cc2)c2ccc(-c3ccc4ccccc4c3)cc2)cc1. The van der Waals surface area contributed by atoms with Crippen LogP contribution in [0.5, 0.6) is 0 Å². The molecule has 0 aliphatic heterocycles. The standard InChI is InChI=1S/C53H36N2/c1-2-13-44(14-3-1)54(46-28-24-39(25-29-46)41-19-18-36-10-4-5-11-40(36)32-41)45-26-20-37(21-27-45)38-22-30-47(31-23-38)55-52-17-9-8-16-49(52)51-35-50-43(34-53(51)55)33-42-12-6-7-15-48(42)50/h1-32,34-35H,33H2. The Morgan fingerprint density at radius 2 is 0.927 bits per heavy atom. The van der Waals surface area contributed by atoms with Crippen molar-refractivity contribution < 1.29 is 0 Å². The summed E-state index contributed by atoms with van der Waals surface area (Å²) in [5.74, 6) is 0. The number of benzene rings is 9. The highest BCUT2D eigenvalue weighted by molar-refractivity contribution is 6.11. The molecule has 1 aliphatic carbocycles. The number of hydrogen-bond donors (Lipinski definition) is 0. The van der Waals surface area contributed by atoms with Gasteiger partial charge in [-0.15, -0.1) is 0 Å². The minimum Gasteiger partial charge on any atom is -0.311 e. The first kappa shape index (κ1) is 31.4. The van der Waals surface area contributed by atoms with Crippen molar-refractivity contribution in [3.63, 3.8) is 0 Å². The molecule has 1 heterocycles. The van der Waals surface area contributed by atoms with Gasteiger partial charge in [0.15, 0.2) is 0 Å². The quantitative estimate of drug-likeness (QED) is 0.168. The summed E-state index contributed by atoms with van der Waals surface area (Å²) in [7, 11) is 0. The van der Waals surface area contributed by atoms with Gasteiger partial charge in [0.05, 0.1) is 11.0 Å². The maximum atomic E-state index is 2.43. The van der Waals surface area contributed by atoms with Crippen LogP contribution in [0.1, 0.15) is 11.1 Å². The van der Waals surface area contributed by atoms with Crippen LogP contribution in [0, 0.1) is 0 Å². The lowest BCUT2D eigenvalue weighted by atomic mass is 10.0. The van der Waals surface area contributed by atoms with Crippen molar-refractivity contribution in [3.05, 3.63) is 217 Å². The van der Waals surface area contributed by atoms with Gasteiger partial charge < -0.3 is 9.47 Å². The Bertz CT molecular complexity index is 3030. The summed E-state index contributed by atoms with van der Waals surface area (Å²) < 4.78 is 2.43. The topological polar surface area (TPSA) is 8.17 Å². The number of rotatable bonds is 6. The molecule has 0 spiro atoms. The summed E-state index contributed by atoms with van der Waals surface area (Å²) in [5, 5.41) is 5.11. The van der Waals surface area contributed by atoms with Gasteiger partial charge in [0, 0.05) is 33.5 Å². The molecule has 2 nitrogen and oxygen atoms in total. The lowest BCUT2D eigenvalue weighted by molar-refractivity contribution is 1.17. The molecule has 9 aromatic carbocycles. The van der Waals surface area contributed by atoms with Crippen LogP contribution < -0.4 is 4.90 Å². The third kappa shape index (κ3) is 5.34. The van der Waals surface area contributed by atoms with E-state index in [1.54, 1.807) is 0 Å². The van der Waals surface area contributed by atoms with Gasteiger partial charge in [-0.2, -0.15) is 0 Å². The largest absolute Gasteiger partial charge is 0.311 e. The molecule has 2 heteroatoms. The van der Waals surface area contributed by atoms with Gasteiger partial charge in [-0.3, -0.25) is 0 Å². The molecule has 258 valence electrons. The van der Waals surface area contributed by atoms with Crippen LogP contribution >= 0.6 is 0 Å². The summed E-state index contributed by atoms with van der Waals surface area (Å²) in [6.45, 7) is 0. The van der Waals surface area contributed by atoms with Crippen LogP contribution in [0.4, 0.5) is 17.1 Å². The van der Waals surface area contributed by atoms with E-state index in [-0.39, 0.29) is 0 Å². The monoisotopic (exact) mass is 700 g/mol. The van der Waals surface area contributed by atoms with E-state index in [1.165, 1.54) is 82.8 Å². The smallest absolute Gasteiger partial charge is 0.0544 e. The van der Waals surface area contributed by atoms with Gasteiger partial charge in [-0.05, 0) is 134 Å².